The van der Waals surface area contributed by atoms with E-state index in [2.05, 4.69) is 4.72 Å². The zero-order valence-corrected chi connectivity index (χ0v) is 13.7. The van der Waals surface area contributed by atoms with E-state index in [1.807, 2.05) is 13.8 Å². The van der Waals surface area contributed by atoms with Crippen molar-refractivity contribution < 1.29 is 18.3 Å². The maximum absolute atomic E-state index is 12.3. The maximum atomic E-state index is 12.3. The van der Waals surface area contributed by atoms with Crippen LogP contribution in [0.2, 0.25) is 0 Å². The van der Waals surface area contributed by atoms with Gasteiger partial charge in [-0.25, -0.2) is 13.1 Å². The first-order chi connectivity index (χ1) is 9.57. The molecule has 4 N–H and O–H groups in total. The molecule has 0 aliphatic heterocycles. The summed E-state index contributed by atoms with van der Waals surface area (Å²) < 4.78 is 32.1. The van der Waals surface area contributed by atoms with Gasteiger partial charge in [-0.2, -0.15) is 0 Å². The molecule has 6 nitrogen and oxygen atoms in total. The van der Waals surface area contributed by atoms with E-state index in [-0.39, 0.29) is 23.1 Å². The number of hydrogen-bond acceptors (Lipinski definition) is 5. The Morgan fingerprint density at radius 1 is 1.43 bits per heavy atom. The lowest BCUT2D eigenvalue weighted by Gasteiger charge is -2.25. The van der Waals surface area contributed by atoms with Gasteiger partial charge < -0.3 is 15.6 Å². The van der Waals surface area contributed by atoms with Gasteiger partial charge in [-0.15, -0.1) is 0 Å². The third kappa shape index (κ3) is 5.18. The van der Waals surface area contributed by atoms with Gasteiger partial charge in [0.25, 0.3) is 0 Å². The number of hydrogen-bond donors (Lipinski definition) is 3. The van der Waals surface area contributed by atoms with Crippen molar-refractivity contribution in [3.8, 4) is 5.75 Å². The minimum atomic E-state index is -3.81. The first-order valence-corrected chi connectivity index (χ1v) is 8.21. The van der Waals surface area contributed by atoms with Crippen LogP contribution in [-0.2, 0) is 10.0 Å². The average Bonchev–Trinajstić information content (AvgIpc) is 2.35. The Kier molecular flexibility index (Phi) is 5.61. The number of nitrogens with two attached hydrogens (primary N) is 1. The molecule has 21 heavy (non-hydrogen) atoms. The number of aliphatic hydroxyl groups is 1. The summed E-state index contributed by atoms with van der Waals surface area (Å²) in [6.45, 7) is 5.45. The van der Waals surface area contributed by atoms with Gasteiger partial charge in [-0.1, -0.05) is 13.8 Å². The second kappa shape index (κ2) is 6.64. The van der Waals surface area contributed by atoms with Crippen LogP contribution >= 0.6 is 0 Å². The van der Waals surface area contributed by atoms with Crippen molar-refractivity contribution in [1.82, 2.24) is 4.72 Å². The lowest BCUT2D eigenvalue weighted by atomic mass is 9.95. The number of sulfonamides is 1. The molecule has 0 aromatic heterocycles. The minimum Gasteiger partial charge on any atom is -0.495 e. The highest BCUT2D eigenvalue weighted by Crippen LogP contribution is 2.26. The van der Waals surface area contributed by atoms with E-state index >= 15 is 0 Å². The first kappa shape index (κ1) is 17.7. The molecule has 0 amide bonds. The summed E-state index contributed by atoms with van der Waals surface area (Å²) in [5.74, 6) is 0.464. The summed E-state index contributed by atoms with van der Waals surface area (Å²) >= 11 is 0. The minimum absolute atomic E-state index is 0.0367. The zero-order valence-electron chi connectivity index (χ0n) is 12.9. The van der Waals surface area contributed by atoms with Gasteiger partial charge in [0, 0.05) is 12.2 Å². The Hall–Kier alpha value is -1.31. The highest BCUT2D eigenvalue weighted by molar-refractivity contribution is 7.89. The predicted octanol–water partition coefficient (Wildman–Crippen LogP) is 1.35. The van der Waals surface area contributed by atoms with Crippen LogP contribution in [0.15, 0.2) is 23.1 Å². The van der Waals surface area contributed by atoms with Crippen molar-refractivity contribution in [2.45, 2.75) is 37.7 Å². The molecule has 0 aliphatic rings. The molecule has 0 aliphatic carbocycles. The third-order valence-electron chi connectivity index (χ3n) is 2.97. The van der Waals surface area contributed by atoms with Crippen LogP contribution in [0.5, 0.6) is 5.75 Å². The number of methoxy groups -OCH3 is 1. The topological polar surface area (TPSA) is 102 Å². The fraction of sp³-hybridized carbons (Fsp3) is 0.571. The molecule has 1 rings (SSSR count). The molecule has 0 saturated heterocycles. The summed E-state index contributed by atoms with van der Waals surface area (Å²) in [6.07, 6.45) is 0.490. The van der Waals surface area contributed by atoms with Crippen LogP contribution in [0, 0.1) is 5.92 Å². The molecule has 7 heteroatoms. The van der Waals surface area contributed by atoms with E-state index in [0.29, 0.717) is 12.1 Å². The van der Waals surface area contributed by atoms with E-state index < -0.39 is 15.6 Å². The van der Waals surface area contributed by atoms with Gasteiger partial charge in [0.2, 0.25) is 10.0 Å². The Bertz CT molecular complexity index is 583. The second-order valence-electron chi connectivity index (χ2n) is 5.83. The molecule has 1 unspecified atom stereocenters. The second-order valence-corrected chi connectivity index (χ2v) is 7.57. The van der Waals surface area contributed by atoms with E-state index in [4.69, 9.17) is 10.5 Å². The summed E-state index contributed by atoms with van der Waals surface area (Å²) in [4.78, 5) is -0.0367. The van der Waals surface area contributed by atoms with Gasteiger partial charge in [-0.05, 0) is 37.5 Å². The maximum Gasteiger partial charge on any atom is 0.244 e. The van der Waals surface area contributed by atoms with Crippen LogP contribution in [0.1, 0.15) is 27.2 Å². The normalized spacial score (nSPS) is 15.0. The summed E-state index contributed by atoms with van der Waals surface area (Å²) in [7, 11) is -2.42. The number of anilines is 1. The lowest BCUT2D eigenvalue weighted by molar-refractivity contribution is 0.0436. The molecule has 0 fully saturated rings. The zero-order chi connectivity index (χ0) is 16.3. The van der Waals surface area contributed by atoms with Crippen LogP contribution in [-0.4, -0.2) is 32.8 Å². The van der Waals surface area contributed by atoms with E-state index in [0.717, 1.165) is 0 Å². The fourth-order valence-electron chi connectivity index (χ4n) is 2.18. The molecule has 1 aromatic rings. The Morgan fingerprint density at radius 3 is 2.57 bits per heavy atom. The molecule has 0 radical (unpaired) electrons. The number of rotatable bonds is 7. The Labute approximate surface area is 126 Å². The lowest BCUT2D eigenvalue weighted by Crippen LogP contribution is -2.41. The van der Waals surface area contributed by atoms with E-state index in [9.17, 15) is 13.5 Å². The highest BCUT2D eigenvalue weighted by atomic mass is 32.2. The van der Waals surface area contributed by atoms with Gasteiger partial charge in [0.1, 0.15) is 10.6 Å². The molecule has 120 valence electrons. The quantitative estimate of drug-likeness (QED) is 0.659. The van der Waals surface area contributed by atoms with Gasteiger partial charge >= 0.3 is 0 Å². The third-order valence-corrected chi connectivity index (χ3v) is 4.39. The van der Waals surface area contributed by atoms with Crippen molar-refractivity contribution in [2.75, 3.05) is 19.4 Å². The molecular weight excluding hydrogens is 292 g/mol. The van der Waals surface area contributed by atoms with Crippen molar-refractivity contribution in [1.29, 1.82) is 0 Å². The Balaban J connectivity index is 2.95. The summed E-state index contributed by atoms with van der Waals surface area (Å²) in [5, 5.41) is 10.2. The number of nitrogens with one attached hydrogen (secondary N) is 1. The Morgan fingerprint density at radius 2 is 2.05 bits per heavy atom. The number of ether oxygens (including phenoxy) is 1. The molecule has 0 spiro atoms. The first-order valence-electron chi connectivity index (χ1n) is 6.73. The average molecular weight is 316 g/mol. The summed E-state index contributed by atoms with van der Waals surface area (Å²) in [5.41, 5.74) is 4.84. The number of nitrogen functional groups attached to an aromatic ring is 1. The standard InChI is InChI=1S/C14H24N2O4S/c1-10(2)8-14(3,17)9-16-21(18,19)13-7-11(15)5-6-12(13)20-4/h5-7,10,16-17H,8-9,15H2,1-4H3. The molecule has 0 saturated carbocycles. The predicted molar refractivity (Wildman–Crippen MR) is 82.7 cm³/mol. The van der Waals surface area contributed by atoms with E-state index in [1.165, 1.54) is 19.2 Å². The van der Waals surface area contributed by atoms with Crippen LogP contribution in [0.25, 0.3) is 0 Å². The van der Waals surface area contributed by atoms with Crippen molar-refractivity contribution in [3.05, 3.63) is 18.2 Å². The van der Waals surface area contributed by atoms with Gasteiger partial charge in [-0.3, -0.25) is 0 Å². The summed E-state index contributed by atoms with van der Waals surface area (Å²) in [6, 6.07) is 4.39. The van der Waals surface area contributed by atoms with Gasteiger partial charge in [0.05, 0.1) is 12.7 Å². The van der Waals surface area contributed by atoms with Crippen molar-refractivity contribution >= 4 is 15.7 Å². The van der Waals surface area contributed by atoms with Crippen LogP contribution in [0.3, 0.4) is 0 Å². The van der Waals surface area contributed by atoms with Gasteiger partial charge in [0.15, 0.2) is 0 Å². The molecule has 0 heterocycles. The number of benzene rings is 1. The van der Waals surface area contributed by atoms with Crippen LogP contribution < -0.4 is 15.2 Å². The van der Waals surface area contributed by atoms with Crippen molar-refractivity contribution in [3.63, 3.8) is 0 Å². The monoisotopic (exact) mass is 316 g/mol. The SMILES string of the molecule is COc1ccc(N)cc1S(=O)(=O)NCC(C)(O)CC(C)C. The van der Waals surface area contributed by atoms with Crippen LogP contribution in [0.4, 0.5) is 5.69 Å². The van der Waals surface area contributed by atoms with Crippen molar-refractivity contribution in [2.24, 2.45) is 5.92 Å². The molecule has 1 aromatic carbocycles. The highest BCUT2D eigenvalue weighted by Gasteiger charge is 2.26. The smallest absolute Gasteiger partial charge is 0.244 e. The molecular formula is C14H24N2O4S. The largest absolute Gasteiger partial charge is 0.495 e. The molecule has 1 atom stereocenters. The van der Waals surface area contributed by atoms with E-state index in [1.54, 1.807) is 13.0 Å². The molecule has 0 bridgehead atoms. The fourth-order valence-corrected chi connectivity index (χ4v) is 3.55.